The van der Waals surface area contributed by atoms with Gasteiger partial charge in [-0.15, -0.1) is 12.4 Å². The molecule has 1 saturated heterocycles. The molecule has 0 aromatic heterocycles. The number of piperidine rings is 1. The molecule has 2 N–H and O–H groups in total. The molecule has 156 valence electrons. The Morgan fingerprint density at radius 3 is 2.64 bits per heavy atom. The fourth-order valence-electron chi connectivity index (χ4n) is 3.63. The van der Waals surface area contributed by atoms with Crippen molar-refractivity contribution in [2.45, 2.75) is 32.4 Å². The van der Waals surface area contributed by atoms with Crippen molar-refractivity contribution in [2.24, 2.45) is 0 Å². The SMILES string of the molecule is CCN(CC(=O)O)C1CCN(CC(=O)NCc2ccc3c(c2)OCO3)CC1.Cl. The molecule has 2 aliphatic heterocycles. The number of amides is 1. The number of benzene rings is 1. The lowest BCUT2D eigenvalue weighted by molar-refractivity contribution is -0.139. The smallest absolute Gasteiger partial charge is 0.317 e. The van der Waals surface area contributed by atoms with Crippen LogP contribution in [0.25, 0.3) is 0 Å². The maximum Gasteiger partial charge on any atom is 0.317 e. The highest BCUT2D eigenvalue weighted by atomic mass is 35.5. The number of nitrogens with zero attached hydrogens (tertiary/aromatic N) is 2. The summed E-state index contributed by atoms with van der Waals surface area (Å²) < 4.78 is 10.6. The fourth-order valence-corrected chi connectivity index (χ4v) is 3.63. The van der Waals surface area contributed by atoms with Gasteiger partial charge < -0.3 is 19.9 Å². The van der Waals surface area contributed by atoms with Crippen LogP contribution in [0.4, 0.5) is 0 Å². The number of ether oxygens (including phenoxy) is 2. The molecule has 0 aliphatic carbocycles. The largest absolute Gasteiger partial charge is 0.480 e. The van der Waals surface area contributed by atoms with Crippen LogP contribution >= 0.6 is 12.4 Å². The summed E-state index contributed by atoms with van der Waals surface area (Å²) in [6, 6.07) is 5.93. The lowest BCUT2D eigenvalue weighted by Gasteiger charge is -2.37. The van der Waals surface area contributed by atoms with E-state index in [1.807, 2.05) is 30.0 Å². The van der Waals surface area contributed by atoms with Crippen molar-refractivity contribution >= 4 is 24.3 Å². The van der Waals surface area contributed by atoms with E-state index in [2.05, 4.69) is 10.2 Å². The minimum Gasteiger partial charge on any atom is -0.480 e. The Labute approximate surface area is 171 Å². The molecule has 2 heterocycles. The van der Waals surface area contributed by atoms with E-state index in [1.165, 1.54) is 0 Å². The van der Waals surface area contributed by atoms with E-state index in [-0.39, 0.29) is 37.7 Å². The molecule has 8 nitrogen and oxygen atoms in total. The highest BCUT2D eigenvalue weighted by molar-refractivity contribution is 5.85. The van der Waals surface area contributed by atoms with Gasteiger partial charge in [0.15, 0.2) is 11.5 Å². The second-order valence-corrected chi connectivity index (χ2v) is 6.93. The Bertz CT molecular complexity index is 680. The zero-order valence-electron chi connectivity index (χ0n) is 16.1. The molecule has 0 unspecified atom stereocenters. The van der Waals surface area contributed by atoms with Gasteiger partial charge in [0.1, 0.15) is 0 Å². The van der Waals surface area contributed by atoms with Crippen molar-refractivity contribution in [2.75, 3.05) is 39.5 Å². The Hall–Kier alpha value is -2.03. The third-order valence-corrected chi connectivity index (χ3v) is 5.11. The van der Waals surface area contributed by atoms with Gasteiger partial charge in [0, 0.05) is 25.7 Å². The molecule has 3 rings (SSSR count). The van der Waals surface area contributed by atoms with E-state index < -0.39 is 5.97 Å². The van der Waals surface area contributed by atoms with E-state index in [0.29, 0.717) is 18.8 Å². The van der Waals surface area contributed by atoms with Crippen molar-refractivity contribution in [3.8, 4) is 11.5 Å². The number of carbonyl (C=O) groups is 2. The molecule has 2 aliphatic rings. The second kappa shape index (κ2) is 10.5. The first-order valence-corrected chi connectivity index (χ1v) is 9.38. The summed E-state index contributed by atoms with van der Waals surface area (Å²) in [7, 11) is 0. The number of hydrogen-bond acceptors (Lipinski definition) is 6. The summed E-state index contributed by atoms with van der Waals surface area (Å²) in [4.78, 5) is 27.3. The van der Waals surface area contributed by atoms with Gasteiger partial charge in [-0.1, -0.05) is 13.0 Å². The topological polar surface area (TPSA) is 91.3 Å². The molecular weight excluding hydrogens is 386 g/mol. The van der Waals surface area contributed by atoms with Crippen molar-refractivity contribution < 1.29 is 24.2 Å². The van der Waals surface area contributed by atoms with Crippen LogP contribution in [-0.4, -0.2) is 72.3 Å². The van der Waals surface area contributed by atoms with Gasteiger partial charge >= 0.3 is 5.97 Å². The number of aliphatic carboxylic acids is 1. The van der Waals surface area contributed by atoms with E-state index >= 15 is 0 Å². The Morgan fingerprint density at radius 1 is 1.25 bits per heavy atom. The van der Waals surface area contributed by atoms with E-state index in [0.717, 1.165) is 43.8 Å². The lowest BCUT2D eigenvalue weighted by Crippen LogP contribution is -2.48. The first-order chi connectivity index (χ1) is 13.0. The van der Waals surface area contributed by atoms with Crippen molar-refractivity contribution in [1.29, 1.82) is 0 Å². The van der Waals surface area contributed by atoms with E-state index in [1.54, 1.807) is 0 Å². The van der Waals surface area contributed by atoms with Crippen LogP contribution in [0, 0.1) is 0 Å². The van der Waals surface area contributed by atoms with Crippen LogP contribution in [0.3, 0.4) is 0 Å². The zero-order chi connectivity index (χ0) is 19.2. The Morgan fingerprint density at radius 2 is 1.96 bits per heavy atom. The molecule has 0 atom stereocenters. The van der Waals surface area contributed by atoms with E-state index in [4.69, 9.17) is 14.6 Å². The Balaban J connectivity index is 0.00000280. The molecule has 0 spiro atoms. The number of fused-ring (bicyclic) bond motifs is 1. The van der Waals surface area contributed by atoms with Crippen molar-refractivity contribution in [3.05, 3.63) is 23.8 Å². The standard InChI is InChI=1S/C19H27N3O5.ClH/c1-2-22(12-19(24)25)15-5-7-21(8-6-15)11-18(23)20-10-14-3-4-16-17(9-14)27-13-26-16;/h3-4,9,15H,2,5-8,10-13H2,1H3,(H,20,23)(H,24,25);1H. The number of carbonyl (C=O) groups excluding carboxylic acids is 1. The number of hydrogen-bond donors (Lipinski definition) is 2. The fraction of sp³-hybridized carbons (Fsp3) is 0.579. The molecule has 0 bridgehead atoms. The number of likely N-dealkylation sites (N-methyl/N-ethyl adjacent to an activating group) is 1. The first kappa shape index (κ1) is 22.3. The summed E-state index contributed by atoms with van der Waals surface area (Å²) >= 11 is 0. The summed E-state index contributed by atoms with van der Waals surface area (Å²) in [5, 5.41) is 11.9. The summed E-state index contributed by atoms with van der Waals surface area (Å²) in [6.45, 7) is 5.46. The van der Waals surface area contributed by atoms with E-state index in [9.17, 15) is 9.59 Å². The van der Waals surface area contributed by atoms with Crippen molar-refractivity contribution in [1.82, 2.24) is 15.1 Å². The van der Waals surface area contributed by atoms with Gasteiger partial charge in [-0.25, -0.2) is 0 Å². The average molecular weight is 414 g/mol. The van der Waals surface area contributed by atoms with Crippen LogP contribution in [0.15, 0.2) is 18.2 Å². The van der Waals surface area contributed by atoms with Gasteiger partial charge in [0.05, 0.1) is 13.1 Å². The predicted octanol–water partition coefficient (Wildman–Crippen LogP) is 1.32. The third kappa shape index (κ3) is 5.98. The monoisotopic (exact) mass is 413 g/mol. The van der Waals surface area contributed by atoms with Crippen molar-refractivity contribution in [3.63, 3.8) is 0 Å². The molecule has 1 fully saturated rings. The quantitative estimate of drug-likeness (QED) is 0.664. The average Bonchev–Trinajstić information content (AvgIpc) is 3.13. The molecule has 0 saturated carbocycles. The van der Waals surface area contributed by atoms with Gasteiger partial charge in [0.25, 0.3) is 0 Å². The normalized spacial score (nSPS) is 16.6. The summed E-state index contributed by atoms with van der Waals surface area (Å²) in [5.41, 5.74) is 0.971. The minimum atomic E-state index is -0.790. The second-order valence-electron chi connectivity index (χ2n) is 6.93. The van der Waals surface area contributed by atoms with Crippen LogP contribution in [0.5, 0.6) is 11.5 Å². The minimum absolute atomic E-state index is 0. The number of nitrogens with one attached hydrogen (secondary N) is 1. The Kier molecular flexibility index (Phi) is 8.35. The molecule has 1 aromatic rings. The number of halogens is 1. The number of carboxylic acids is 1. The molecule has 9 heteroatoms. The third-order valence-electron chi connectivity index (χ3n) is 5.11. The maximum absolute atomic E-state index is 12.2. The number of rotatable bonds is 8. The maximum atomic E-state index is 12.2. The lowest BCUT2D eigenvalue weighted by atomic mass is 10.0. The van der Waals surface area contributed by atoms with Crippen LogP contribution in [0.2, 0.25) is 0 Å². The number of likely N-dealkylation sites (tertiary alicyclic amines) is 1. The first-order valence-electron chi connectivity index (χ1n) is 9.38. The van der Waals surface area contributed by atoms with Crippen LogP contribution < -0.4 is 14.8 Å². The van der Waals surface area contributed by atoms with Crippen LogP contribution in [0.1, 0.15) is 25.3 Å². The molecule has 1 aromatic carbocycles. The molecular formula is C19H28ClN3O5. The zero-order valence-corrected chi connectivity index (χ0v) is 16.9. The van der Waals surface area contributed by atoms with Crippen LogP contribution in [-0.2, 0) is 16.1 Å². The van der Waals surface area contributed by atoms with Gasteiger partial charge in [-0.05, 0) is 37.1 Å². The number of carboxylic acid groups (broad SMARTS) is 1. The van der Waals surface area contributed by atoms with Gasteiger partial charge in [-0.2, -0.15) is 0 Å². The molecule has 0 radical (unpaired) electrons. The highest BCUT2D eigenvalue weighted by Gasteiger charge is 2.25. The molecule has 28 heavy (non-hydrogen) atoms. The summed E-state index contributed by atoms with van der Waals surface area (Å²) in [5.74, 6) is 0.647. The highest BCUT2D eigenvalue weighted by Crippen LogP contribution is 2.32. The molecule has 1 amide bonds. The summed E-state index contributed by atoms with van der Waals surface area (Å²) in [6.07, 6.45) is 1.77. The van der Waals surface area contributed by atoms with Gasteiger partial charge in [-0.3, -0.25) is 19.4 Å². The predicted molar refractivity (Wildman–Crippen MR) is 106 cm³/mol. The van der Waals surface area contributed by atoms with Gasteiger partial charge in [0.2, 0.25) is 12.7 Å².